The zero-order valence-electron chi connectivity index (χ0n) is 48.1. The standard InChI is InChI=1S/C59H90Br3N7O9S/c1-12-15-28-74-47-25-22-37(31-45(47)64-54(70)39-18-16-17-19-46(39)75-34-36-20-23-38(24-21-36)67-79(73)78-48-33-43(61)42(60)32-44(48)62)52-65-53-49(50(63-11)55(69(53)66-52)77-57(72)68(26-13-2)27-14-3)56(71)76-51-40(58(5,6)7)29-35(4)30-41(51)59(8,9)10/h13-14,35-48,51,67H,2-3,12,15-34H2,1,4-10H3,(H,64,70)(H,65,66). The molecule has 79 heavy (non-hydrogen) atoms. The van der Waals surface area contributed by atoms with E-state index < -0.39 is 29.4 Å². The number of hydrogen-bond acceptors (Lipinski definition) is 10. The fourth-order valence-corrected chi connectivity index (χ4v) is 16.5. The van der Waals surface area contributed by atoms with Gasteiger partial charge in [-0.25, -0.2) is 32.9 Å². The predicted molar refractivity (Wildman–Crippen MR) is 321 cm³/mol. The number of ether oxygens (including phenoxy) is 4. The average Bonchev–Trinajstić information content (AvgIpc) is 4.21. The molecule has 0 spiro atoms. The highest BCUT2D eigenvalue weighted by molar-refractivity contribution is 9.12. The largest absolute Gasteiger partial charge is 0.459 e. The van der Waals surface area contributed by atoms with E-state index in [4.69, 9.17) is 34.7 Å². The van der Waals surface area contributed by atoms with Gasteiger partial charge in [0.1, 0.15) is 17.5 Å². The Morgan fingerprint density at radius 1 is 0.861 bits per heavy atom. The van der Waals surface area contributed by atoms with Gasteiger partial charge in [-0.05, 0) is 113 Å². The zero-order chi connectivity index (χ0) is 57.3. The monoisotopic (exact) mass is 1310 g/mol. The van der Waals surface area contributed by atoms with E-state index in [0.29, 0.717) is 55.0 Å². The second kappa shape index (κ2) is 28.8. The summed E-state index contributed by atoms with van der Waals surface area (Å²) in [5.41, 5.74) is -0.449. The summed E-state index contributed by atoms with van der Waals surface area (Å²) in [6, 6.07) is -0.251. The predicted octanol–water partition coefficient (Wildman–Crippen LogP) is 13.4. The van der Waals surface area contributed by atoms with Crippen LogP contribution in [0.2, 0.25) is 0 Å². The van der Waals surface area contributed by atoms with E-state index in [9.17, 15) is 13.8 Å². The molecule has 0 radical (unpaired) electrons. The number of rotatable bonds is 21. The second-order valence-corrected chi connectivity index (χ2v) is 30.0. The molecule has 5 aliphatic rings. The van der Waals surface area contributed by atoms with Crippen LogP contribution >= 0.6 is 47.8 Å². The third-order valence-electron chi connectivity index (χ3n) is 17.5. The molecule has 2 aromatic heterocycles. The quantitative estimate of drug-likeness (QED) is 0.0358. The van der Waals surface area contributed by atoms with Crippen molar-refractivity contribution < 1.29 is 41.7 Å². The minimum atomic E-state index is -1.59. The lowest BCUT2D eigenvalue weighted by molar-refractivity contribution is -0.136. The number of esters is 1. The fraction of sp³-hybridized carbons (Fsp3) is 0.780. The molecule has 16 nitrogen and oxygen atoms in total. The van der Waals surface area contributed by atoms with Crippen LogP contribution in [-0.2, 0) is 34.5 Å². The summed E-state index contributed by atoms with van der Waals surface area (Å²) in [4.78, 5) is 54.6. The van der Waals surface area contributed by atoms with Gasteiger partial charge in [-0.2, -0.15) is 0 Å². The van der Waals surface area contributed by atoms with E-state index >= 15 is 4.79 Å². The van der Waals surface area contributed by atoms with Gasteiger partial charge in [0.15, 0.2) is 5.65 Å². The first-order valence-electron chi connectivity index (χ1n) is 29.3. The number of H-pyrrole nitrogens is 1. The number of hydrogen-bond donors (Lipinski definition) is 3. The van der Waals surface area contributed by atoms with Crippen LogP contribution in [0, 0.1) is 47.0 Å². The van der Waals surface area contributed by atoms with Crippen molar-refractivity contribution in [3.63, 3.8) is 0 Å². The van der Waals surface area contributed by atoms with E-state index in [2.05, 4.69) is 136 Å². The lowest BCUT2D eigenvalue weighted by atomic mass is 9.59. The van der Waals surface area contributed by atoms with Crippen LogP contribution in [0.1, 0.15) is 187 Å². The molecule has 3 N–H and O–H groups in total. The first-order valence-corrected chi connectivity index (χ1v) is 33.1. The molecular weight excluding hydrogens is 1220 g/mol. The lowest BCUT2D eigenvalue weighted by Crippen LogP contribution is -2.52. The van der Waals surface area contributed by atoms with Crippen LogP contribution < -0.4 is 14.8 Å². The minimum Gasteiger partial charge on any atom is -0.459 e. The van der Waals surface area contributed by atoms with Gasteiger partial charge in [0.25, 0.3) is 5.69 Å². The third-order valence-corrected chi connectivity index (χ3v) is 22.1. The Labute approximate surface area is 498 Å². The second-order valence-electron chi connectivity index (χ2n) is 25.5. The maximum atomic E-state index is 15.0. The van der Waals surface area contributed by atoms with Gasteiger partial charge in [-0.15, -0.1) is 13.2 Å². The Hall–Kier alpha value is -2.64. The summed E-state index contributed by atoms with van der Waals surface area (Å²) in [6.45, 7) is 35.1. The van der Waals surface area contributed by atoms with E-state index in [1.54, 1.807) is 12.2 Å². The van der Waals surface area contributed by atoms with Crippen molar-refractivity contribution in [2.45, 2.75) is 221 Å². The highest BCUT2D eigenvalue weighted by Gasteiger charge is 2.49. The van der Waals surface area contributed by atoms with E-state index in [1.807, 2.05) is 0 Å². The molecule has 0 aromatic carbocycles. The molecule has 7 rings (SSSR count). The molecule has 5 aliphatic carbocycles. The van der Waals surface area contributed by atoms with Crippen LogP contribution in [0.25, 0.3) is 10.5 Å². The summed E-state index contributed by atoms with van der Waals surface area (Å²) in [5, 5.41) is 6.84. The Morgan fingerprint density at radius 2 is 1.52 bits per heavy atom. The van der Waals surface area contributed by atoms with Gasteiger partial charge in [0.05, 0.1) is 36.8 Å². The van der Waals surface area contributed by atoms with Crippen molar-refractivity contribution >= 4 is 88.4 Å². The van der Waals surface area contributed by atoms with Gasteiger partial charge in [0.2, 0.25) is 23.1 Å². The number of carbonyl (C=O) groups excluding carboxylic acids is 3. The first-order chi connectivity index (χ1) is 37.5. The summed E-state index contributed by atoms with van der Waals surface area (Å²) >= 11 is 9.57. The minimum absolute atomic E-state index is 0.0345. The molecule has 5 fully saturated rings. The molecule has 20 heteroatoms. The molecule has 0 saturated heterocycles. The van der Waals surface area contributed by atoms with Crippen molar-refractivity contribution in [2.75, 3.05) is 26.3 Å². The summed E-state index contributed by atoms with van der Waals surface area (Å²) < 4.78 is 49.8. The van der Waals surface area contributed by atoms with Crippen LogP contribution in [0.15, 0.2) is 25.3 Å². The highest BCUT2D eigenvalue weighted by atomic mass is 79.9. The van der Waals surface area contributed by atoms with Gasteiger partial charge >= 0.3 is 12.1 Å². The summed E-state index contributed by atoms with van der Waals surface area (Å²) in [7, 11) is 0. The van der Waals surface area contributed by atoms with E-state index in [-0.39, 0.29) is 116 Å². The first kappa shape index (κ1) is 63.9. The molecule has 12 atom stereocenters. The van der Waals surface area contributed by atoms with E-state index in [1.165, 1.54) is 9.42 Å². The number of nitrogens with one attached hydrogen (secondary N) is 3. The Bertz CT molecular complexity index is 2430. The Morgan fingerprint density at radius 3 is 2.15 bits per heavy atom. The van der Waals surface area contributed by atoms with E-state index in [0.717, 1.165) is 89.9 Å². The maximum Gasteiger partial charge on any atom is 0.416 e. The van der Waals surface area contributed by atoms with Gasteiger partial charge < -0.3 is 29.2 Å². The number of alkyl halides is 3. The van der Waals surface area contributed by atoms with Crippen molar-refractivity contribution in [1.82, 2.24) is 29.5 Å². The zero-order valence-corrected chi connectivity index (χ0v) is 53.7. The molecule has 5 saturated carbocycles. The van der Waals surface area contributed by atoms with Crippen LogP contribution in [0.5, 0.6) is 5.88 Å². The summed E-state index contributed by atoms with van der Waals surface area (Å²) in [5.74, 6) is -0.0155. The molecule has 2 heterocycles. The number of aromatic nitrogens is 3. The van der Waals surface area contributed by atoms with Crippen LogP contribution in [-0.4, -0.2) is 119 Å². The normalized spacial score (nSPS) is 32.1. The number of carbonyl (C=O) groups is 3. The van der Waals surface area contributed by atoms with Crippen molar-refractivity contribution in [3.8, 4) is 5.88 Å². The Kier molecular flexibility index (Phi) is 23.3. The van der Waals surface area contributed by atoms with Crippen molar-refractivity contribution in [3.05, 3.63) is 48.1 Å². The number of fused-ring (bicyclic) bond motifs is 1. The molecule has 2 aromatic rings. The number of halogens is 3. The number of unbranched alkanes of at least 4 members (excludes halogenated alkanes) is 1. The maximum absolute atomic E-state index is 15.0. The number of nitrogens with zero attached hydrogens (tertiary/aromatic N) is 4. The molecular formula is C59H90Br3N7O9S. The molecule has 0 bridgehead atoms. The third kappa shape index (κ3) is 16.4. The number of aromatic amines is 1. The smallest absolute Gasteiger partial charge is 0.416 e. The van der Waals surface area contributed by atoms with Gasteiger partial charge in [-0.1, -0.05) is 135 Å². The highest BCUT2D eigenvalue weighted by Crippen LogP contribution is 2.51. The number of amides is 2. The van der Waals surface area contributed by atoms with Gasteiger partial charge in [-0.3, -0.25) is 14.1 Å². The van der Waals surface area contributed by atoms with Gasteiger partial charge in [0, 0.05) is 64.6 Å². The SMILES string of the molecule is [C-]#[N+]c1c(C(=O)OC2C(C(C)(C)C)CC(C)CC2C(C)(C)C)c2nc(C3CCC(OCCCC)C(NC(=O)C4CCCCC4OCC4CCC(NS(=O)OC5CC(Br)C(Br)CC5Br)CC4)C3)[nH]n2c1OC(=O)N(CC=C)CC=C. The van der Waals surface area contributed by atoms with Crippen LogP contribution in [0.3, 0.4) is 0 Å². The fourth-order valence-electron chi connectivity index (χ4n) is 12.9. The summed E-state index contributed by atoms with van der Waals surface area (Å²) in [6.07, 6.45) is 15.6. The average molecular weight is 1310 g/mol. The molecule has 442 valence electrons. The lowest BCUT2D eigenvalue weighted by Gasteiger charge is -2.50. The van der Waals surface area contributed by atoms with Crippen molar-refractivity contribution in [1.29, 1.82) is 0 Å². The topological polar surface area (TPSA) is 179 Å². The Balaban J connectivity index is 1.08. The van der Waals surface area contributed by atoms with Crippen molar-refractivity contribution in [2.24, 2.45) is 40.4 Å². The molecule has 0 aliphatic heterocycles. The molecule has 12 unspecified atom stereocenters. The molecule has 2 amide bonds. The van der Waals surface area contributed by atoms with Crippen LogP contribution in [0.4, 0.5) is 10.5 Å².